The first-order valence-corrected chi connectivity index (χ1v) is 6.02. The number of benzene rings is 1. The monoisotopic (exact) mass is 281 g/mol. The Bertz CT molecular complexity index is 587. The predicted octanol–water partition coefficient (Wildman–Crippen LogP) is 1.19. The van der Waals surface area contributed by atoms with E-state index in [9.17, 15) is 18.4 Å². The van der Waals surface area contributed by atoms with Crippen molar-refractivity contribution >= 4 is 17.5 Å². The van der Waals surface area contributed by atoms with Crippen LogP contribution in [0.2, 0.25) is 0 Å². The van der Waals surface area contributed by atoms with Gasteiger partial charge in [0, 0.05) is 38.1 Å². The molecule has 2 rings (SSSR count). The number of rotatable bonds is 3. The van der Waals surface area contributed by atoms with Crippen LogP contribution in [0.5, 0.6) is 0 Å². The van der Waals surface area contributed by atoms with Crippen LogP contribution in [-0.2, 0) is 16.1 Å². The zero-order valence-electron chi connectivity index (χ0n) is 10.8. The maximum atomic E-state index is 13.5. The van der Waals surface area contributed by atoms with Crippen LogP contribution in [0.15, 0.2) is 23.3 Å². The summed E-state index contributed by atoms with van der Waals surface area (Å²) in [4.78, 5) is 24.2. The number of carbonyl (C=O) groups is 2. The fourth-order valence-electron chi connectivity index (χ4n) is 1.83. The Morgan fingerprint density at radius 3 is 2.75 bits per heavy atom. The lowest BCUT2D eigenvalue weighted by Crippen LogP contribution is -2.37. The Balaban J connectivity index is 2.06. The quantitative estimate of drug-likeness (QED) is 0.904. The molecule has 0 spiro atoms. The second-order valence-electron chi connectivity index (χ2n) is 4.49. The van der Waals surface area contributed by atoms with Crippen LogP contribution in [-0.4, -0.2) is 29.5 Å². The standard InChI is InChI=1S/C13H13F2N3O2/c1-18(7-8-2-3-9(14)6-10(8)15)13(20)11-4-5-12(19)17-16-11/h2-3,6H,4-5,7H2,1H3,(H,17,19). The maximum Gasteiger partial charge on any atom is 0.270 e. The molecule has 7 heteroatoms. The van der Waals surface area contributed by atoms with Gasteiger partial charge in [0.2, 0.25) is 5.91 Å². The molecule has 20 heavy (non-hydrogen) atoms. The molecule has 0 fully saturated rings. The molecule has 0 radical (unpaired) electrons. The number of hydrazone groups is 1. The average molecular weight is 281 g/mol. The van der Waals surface area contributed by atoms with Gasteiger partial charge in [-0.3, -0.25) is 9.59 Å². The Morgan fingerprint density at radius 1 is 1.40 bits per heavy atom. The predicted molar refractivity (Wildman–Crippen MR) is 67.6 cm³/mol. The number of nitrogens with one attached hydrogen (secondary N) is 1. The van der Waals surface area contributed by atoms with Crippen LogP contribution in [0, 0.1) is 11.6 Å². The smallest absolute Gasteiger partial charge is 0.270 e. The highest BCUT2D eigenvalue weighted by Crippen LogP contribution is 2.12. The van der Waals surface area contributed by atoms with E-state index in [1.54, 1.807) is 0 Å². The third-order valence-electron chi connectivity index (χ3n) is 2.92. The molecule has 106 valence electrons. The van der Waals surface area contributed by atoms with E-state index >= 15 is 0 Å². The van der Waals surface area contributed by atoms with Crippen molar-refractivity contribution in [2.45, 2.75) is 19.4 Å². The Hall–Kier alpha value is -2.31. The molecule has 1 aromatic carbocycles. The summed E-state index contributed by atoms with van der Waals surface area (Å²) in [6.07, 6.45) is 0.449. The molecule has 2 amide bonds. The molecular formula is C13H13F2N3O2. The van der Waals surface area contributed by atoms with Crippen molar-refractivity contribution in [1.82, 2.24) is 10.3 Å². The van der Waals surface area contributed by atoms with Gasteiger partial charge in [-0.2, -0.15) is 5.10 Å². The second kappa shape index (κ2) is 5.77. The van der Waals surface area contributed by atoms with Crippen LogP contribution >= 0.6 is 0 Å². The molecular weight excluding hydrogens is 268 g/mol. The number of hydrogen-bond donors (Lipinski definition) is 1. The van der Waals surface area contributed by atoms with Crippen molar-refractivity contribution in [3.63, 3.8) is 0 Å². The average Bonchev–Trinajstić information content (AvgIpc) is 2.42. The Morgan fingerprint density at radius 2 is 2.15 bits per heavy atom. The normalized spacial score (nSPS) is 14.6. The molecule has 0 aromatic heterocycles. The third kappa shape index (κ3) is 3.17. The van der Waals surface area contributed by atoms with Gasteiger partial charge in [0.05, 0.1) is 0 Å². The van der Waals surface area contributed by atoms with Crippen LogP contribution in [0.25, 0.3) is 0 Å². The Labute approximate surface area is 114 Å². The van der Waals surface area contributed by atoms with Crippen molar-refractivity contribution in [3.8, 4) is 0 Å². The molecule has 0 saturated heterocycles. The highest BCUT2D eigenvalue weighted by Gasteiger charge is 2.22. The number of amides is 2. The summed E-state index contributed by atoms with van der Waals surface area (Å²) in [7, 11) is 1.49. The van der Waals surface area contributed by atoms with E-state index in [0.717, 1.165) is 12.1 Å². The molecule has 5 nitrogen and oxygen atoms in total. The lowest BCUT2D eigenvalue weighted by atomic mass is 10.1. The van der Waals surface area contributed by atoms with Gasteiger partial charge in [0.1, 0.15) is 17.3 Å². The van der Waals surface area contributed by atoms with E-state index in [2.05, 4.69) is 10.5 Å². The maximum absolute atomic E-state index is 13.5. The largest absolute Gasteiger partial charge is 0.336 e. The summed E-state index contributed by atoms with van der Waals surface area (Å²) in [5.74, 6) is -2.01. The van der Waals surface area contributed by atoms with Gasteiger partial charge in [-0.15, -0.1) is 0 Å². The number of nitrogens with zero attached hydrogens (tertiary/aromatic N) is 2. The molecule has 0 atom stereocenters. The summed E-state index contributed by atoms with van der Waals surface area (Å²) in [6.45, 7) is -0.00207. The highest BCUT2D eigenvalue weighted by atomic mass is 19.1. The van der Waals surface area contributed by atoms with Crippen LogP contribution in [0.1, 0.15) is 18.4 Å². The van der Waals surface area contributed by atoms with Crippen molar-refractivity contribution in [3.05, 3.63) is 35.4 Å². The van der Waals surface area contributed by atoms with E-state index < -0.39 is 17.5 Å². The van der Waals surface area contributed by atoms with Crippen LogP contribution in [0.4, 0.5) is 8.78 Å². The van der Waals surface area contributed by atoms with Gasteiger partial charge >= 0.3 is 0 Å². The minimum atomic E-state index is -0.705. The first-order valence-electron chi connectivity index (χ1n) is 6.02. The van der Waals surface area contributed by atoms with Gasteiger partial charge in [0.25, 0.3) is 5.91 Å². The van der Waals surface area contributed by atoms with E-state index in [-0.39, 0.29) is 36.6 Å². The molecule has 1 heterocycles. The van der Waals surface area contributed by atoms with Gasteiger partial charge in [0.15, 0.2) is 0 Å². The van der Waals surface area contributed by atoms with Gasteiger partial charge in [-0.1, -0.05) is 6.07 Å². The van der Waals surface area contributed by atoms with Crippen LogP contribution < -0.4 is 5.43 Å². The van der Waals surface area contributed by atoms with Crippen molar-refractivity contribution < 1.29 is 18.4 Å². The topological polar surface area (TPSA) is 61.8 Å². The van der Waals surface area contributed by atoms with E-state index in [0.29, 0.717) is 0 Å². The van der Waals surface area contributed by atoms with Crippen LogP contribution in [0.3, 0.4) is 0 Å². The fourth-order valence-corrected chi connectivity index (χ4v) is 1.83. The molecule has 0 unspecified atom stereocenters. The molecule has 1 aliphatic rings. The van der Waals surface area contributed by atoms with Crippen molar-refractivity contribution in [2.75, 3.05) is 7.05 Å². The van der Waals surface area contributed by atoms with E-state index in [4.69, 9.17) is 0 Å². The number of carbonyl (C=O) groups excluding carboxylic acids is 2. The second-order valence-corrected chi connectivity index (χ2v) is 4.49. The van der Waals surface area contributed by atoms with E-state index in [1.807, 2.05) is 0 Å². The van der Waals surface area contributed by atoms with Gasteiger partial charge < -0.3 is 4.90 Å². The summed E-state index contributed by atoms with van der Waals surface area (Å²) in [5, 5.41) is 3.68. The summed E-state index contributed by atoms with van der Waals surface area (Å²) in [5.41, 5.74) is 2.66. The first kappa shape index (κ1) is 14.1. The molecule has 1 aromatic rings. The molecule has 0 bridgehead atoms. The van der Waals surface area contributed by atoms with Gasteiger partial charge in [-0.25, -0.2) is 14.2 Å². The third-order valence-corrected chi connectivity index (χ3v) is 2.92. The van der Waals surface area contributed by atoms with E-state index in [1.165, 1.54) is 18.0 Å². The van der Waals surface area contributed by atoms with Gasteiger partial charge in [-0.05, 0) is 6.07 Å². The first-order chi connectivity index (χ1) is 9.47. The number of hydrogen-bond acceptors (Lipinski definition) is 3. The minimum absolute atomic E-state index is 0.00207. The molecule has 0 saturated carbocycles. The van der Waals surface area contributed by atoms with Crippen molar-refractivity contribution in [2.24, 2.45) is 5.10 Å². The zero-order chi connectivity index (χ0) is 14.7. The lowest BCUT2D eigenvalue weighted by Gasteiger charge is -2.20. The SMILES string of the molecule is CN(Cc1ccc(F)cc1F)C(=O)C1=NNC(=O)CC1. The van der Waals surface area contributed by atoms with Crippen molar-refractivity contribution in [1.29, 1.82) is 0 Å². The molecule has 0 aliphatic carbocycles. The zero-order valence-corrected chi connectivity index (χ0v) is 10.8. The fraction of sp³-hybridized carbons (Fsp3) is 0.308. The number of halogens is 2. The lowest BCUT2D eigenvalue weighted by molar-refractivity contribution is -0.124. The summed E-state index contributed by atoms with van der Waals surface area (Å²) in [6, 6.07) is 3.19. The Kier molecular flexibility index (Phi) is 4.07. The highest BCUT2D eigenvalue weighted by molar-refractivity contribution is 6.39. The molecule has 1 aliphatic heterocycles. The summed E-state index contributed by atoms with van der Waals surface area (Å²) < 4.78 is 26.3. The summed E-state index contributed by atoms with van der Waals surface area (Å²) >= 11 is 0. The molecule has 1 N–H and O–H groups in total. The minimum Gasteiger partial charge on any atom is -0.336 e.